The molecule has 2 aromatic carbocycles. The third-order valence-corrected chi connectivity index (χ3v) is 7.40. The van der Waals surface area contributed by atoms with Crippen molar-refractivity contribution in [1.82, 2.24) is 15.6 Å². The first kappa shape index (κ1) is 23.3. The Labute approximate surface area is 198 Å². The molecule has 0 spiro atoms. The van der Waals surface area contributed by atoms with E-state index in [9.17, 15) is 4.79 Å². The third-order valence-electron chi connectivity index (χ3n) is 3.79. The lowest BCUT2D eigenvalue weighted by molar-refractivity contribution is -0.118. The van der Waals surface area contributed by atoms with Crippen molar-refractivity contribution >= 4 is 64.7 Å². The summed E-state index contributed by atoms with van der Waals surface area (Å²) < 4.78 is 6.84. The largest absolute Gasteiger partial charge is 0.496 e. The van der Waals surface area contributed by atoms with Crippen molar-refractivity contribution in [3.05, 3.63) is 70.8 Å². The molecule has 0 atom stereocenters. The second-order valence-electron chi connectivity index (χ2n) is 5.92. The fraction of sp³-hybridized carbons (Fsp3) is 0.143. The Morgan fingerprint density at radius 2 is 1.90 bits per heavy atom. The molecular weight excluding hydrogens is 472 g/mol. The standard InChI is InChI=1S/C21H19ClN4O2S3/c1-28-18-11-5-3-7-15(18)9-6-12-23-24-19(27)14-30-21-26-25-20(31-21)29-13-16-8-2-4-10-17(16)22/h2-12H,13-14H2,1H3,(H,24,27)/b9-6+,23-12-. The summed E-state index contributed by atoms with van der Waals surface area (Å²) in [5, 5.41) is 12.9. The van der Waals surface area contributed by atoms with Gasteiger partial charge in [-0.1, -0.05) is 82.9 Å². The second-order valence-corrected chi connectivity index (χ2v) is 9.75. The van der Waals surface area contributed by atoms with Gasteiger partial charge in [0.1, 0.15) is 5.75 Å². The van der Waals surface area contributed by atoms with Gasteiger partial charge in [-0.2, -0.15) is 5.10 Å². The number of nitrogens with zero attached hydrogens (tertiary/aromatic N) is 3. The monoisotopic (exact) mass is 490 g/mol. The highest BCUT2D eigenvalue weighted by Gasteiger charge is 2.09. The van der Waals surface area contributed by atoms with Crippen molar-refractivity contribution in [2.24, 2.45) is 5.10 Å². The molecule has 0 aliphatic carbocycles. The SMILES string of the molecule is COc1ccccc1/C=C/C=N\NC(=O)CSc1nnc(SCc2ccccc2Cl)s1. The van der Waals surface area contributed by atoms with E-state index in [4.69, 9.17) is 16.3 Å². The van der Waals surface area contributed by atoms with Gasteiger partial charge in [0.05, 0.1) is 12.9 Å². The first-order valence-corrected chi connectivity index (χ1v) is 12.3. The Kier molecular flexibility index (Phi) is 9.41. The summed E-state index contributed by atoms with van der Waals surface area (Å²) in [7, 11) is 1.62. The number of benzene rings is 2. The number of hydrogen-bond acceptors (Lipinski definition) is 8. The zero-order valence-corrected chi connectivity index (χ0v) is 19.7. The first-order valence-electron chi connectivity index (χ1n) is 9.10. The number of carbonyl (C=O) groups excluding carboxylic acids is 1. The van der Waals surface area contributed by atoms with E-state index in [2.05, 4.69) is 20.7 Å². The van der Waals surface area contributed by atoms with Crippen LogP contribution >= 0.6 is 46.5 Å². The molecule has 10 heteroatoms. The van der Waals surface area contributed by atoms with Crippen molar-refractivity contribution in [3.8, 4) is 5.75 Å². The third kappa shape index (κ3) is 7.70. The topological polar surface area (TPSA) is 76.5 Å². The van der Waals surface area contributed by atoms with Gasteiger partial charge in [-0.05, 0) is 29.8 Å². The molecule has 31 heavy (non-hydrogen) atoms. The molecule has 0 radical (unpaired) electrons. The maximum absolute atomic E-state index is 12.0. The van der Waals surface area contributed by atoms with Gasteiger partial charge in [0.2, 0.25) is 0 Å². The molecule has 1 amide bonds. The molecule has 1 heterocycles. The van der Waals surface area contributed by atoms with Crippen molar-refractivity contribution < 1.29 is 9.53 Å². The summed E-state index contributed by atoms with van der Waals surface area (Å²) in [6.45, 7) is 0. The lowest BCUT2D eigenvalue weighted by Crippen LogP contribution is -2.19. The number of rotatable bonds is 10. The molecule has 0 saturated heterocycles. The molecule has 0 saturated carbocycles. The number of aromatic nitrogens is 2. The van der Waals surface area contributed by atoms with Crippen LogP contribution < -0.4 is 10.2 Å². The maximum atomic E-state index is 12.0. The number of methoxy groups -OCH3 is 1. The molecule has 1 N–H and O–H groups in total. The number of halogens is 1. The number of nitrogens with one attached hydrogen (secondary N) is 1. The molecule has 3 rings (SSSR count). The molecule has 0 aliphatic heterocycles. The minimum Gasteiger partial charge on any atom is -0.496 e. The van der Waals surface area contributed by atoms with Crippen LogP contribution in [0.15, 0.2) is 68.4 Å². The van der Waals surface area contributed by atoms with E-state index in [1.54, 1.807) is 24.9 Å². The van der Waals surface area contributed by atoms with E-state index < -0.39 is 0 Å². The van der Waals surface area contributed by atoms with Crippen LogP contribution in [-0.2, 0) is 10.5 Å². The molecule has 160 valence electrons. The van der Waals surface area contributed by atoms with Crippen LogP contribution in [0.3, 0.4) is 0 Å². The van der Waals surface area contributed by atoms with Gasteiger partial charge in [-0.15, -0.1) is 10.2 Å². The number of para-hydroxylation sites is 1. The number of hydrogen-bond donors (Lipinski definition) is 1. The van der Waals surface area contributed by atoms with Gasteiger partial charge in [-0.3, -0.25) is 4.79 Å². The van der Waals surface area contributed by atoms with Crippen LogP contribution in [0.4, 0.5) is 0 Å². The van der Waals surface area contributed by atoms with Gasteiger partial charge < -0.3 is 4.74 Å². The van der Waals surface area contributed by atoms with Gasteiger partial charge in [0.25, 0.3) is 5.91 Å². The van der Waals surface area contributed by atoms with Crippen LogP contribution in [0.2, 0.25) is 5.02 Å². The molecular formula is C21H19ClN4O2S3. The fourth-order valence-corrected chi connectivity index (χ4v) is 5.43. The maximum Gasteiger partial charge on any atom is 0.250 e. The number of ether oxygens (including phenoxy) is 1. The predicted octanol–water partition coefficient (Wildman–Crippen LogP) is 5.40. The van der Waals surface area contributed by atoms with E-state index in [1.165, 1.54) is 29.3 Å². The van der Waals surface area contributed by atoms with Gasteiger partial charge >= 0.3 is 0 Å². The van der Waals surface area contributed by atoms with Gasteiger partial charge in [0.15, 0.2) is 8.68 Å². The number of allylic oxidation sites excluding steroid dienone is 1. The van der Waals surface area contributed by atoms with Crippen LogP contribution in [0.1, 0.15) is 11.1 Å². The van der Waals surface area contributed by atoms with Crippen LogP contribution in [0, 0.1) is 0 Å². The van der Waals surface area contributed by atoms with Crippen LogP contribution in [-0.4, -0.2) is 35.2 Å². The van der Waals surface area contributed by atoms with Gasteiger partial charge in [0, 0.05) is 22.6 Å². The number of carbonyl (C=O) groups is 1. The van der Waals surface area contributed by atoms with E-state index in [1.807, 2.05) is 54.6 Å². The molecule has 0 unspecified atom stereocenters. The number of thioether (sulfide) groups is 2. The van der Waals surface area contributed by atoms with E-state index in [0.29, 0.717) is 0 Å². The molecule has 0 fully saturated rings. The van der Waals surface area contributed by atoms with Crippen LogP contribution in [0.5, 0.6) is 5.75 Å². The highest BCUT2D eigenvalue weighted by molar-refractivity contribution is 8.03. The summed E-state index contributed by atoms with van der Waals surface area (Å²) in [6.07, 6.45) is 5.11. The van der Waals surface area contributed by atoms with E-state index >= 15 is 0 Å². The smallest absolute Gasteiger partial charge is 0.250 e. The van der Waals surface area contributed by atoms with Crippen molar-refractivity contribution in [1.29, 1.82) is 0 Å². The summed E-state index contributed by atoms with van der Waals surface area (Å²) in [4.78, 5) is 12.0. The minimum absolute atomic E-state index is 0.206. The Bertz CT molecular complexity index is 1070. The quantitative estimate of drug-likeness (QED) is 0.233. The van der Waals surface area contributed by atoms with Crippen molar-refractivity contribution in [2.75, 3.05) is 12.9 Å². The zero-order valence-electron chi connectivity index (χ0n) is 16.5. The Balaban J connectivity index is 1.39. The van der Waals surface area contributed by atoms with E-state index in [0.717, 1.165) is 36.3 Å². The minimum atomic E-state index is -0.215. The Morgan fingerprint density at radius 1 is 1.16 bits per heavy atom. The average molecular weight is 491 g/mol. The lowest BCUT2D eigenvalue weighted by Gasteiger charge is -2.02. The summed E-state index contributed by atoms with van der Waals surface area (Å²) in [5.41, 5.74) is 4.47. The highest BCUT2D eigenvalue weighted by Crippen LogP contribution is 2.32. The first-order chi connectivity index (χ1) is 15.2. The van der Waals surface area contributed by atoms with E-state index in [-0.39, 0.29) is 11.7 Å². The molecule has 0 bridgehead atoms. The number of amides is 1. The average Bonchev–Trinajstić information content (AvgIpc) is 3.25. The van der Waals surface area contributed by atoms with Crippen LogP contribution in [0.25, 0.3) is 6.08 Å². The highest BCUT2D eigenvalue weighted by atomic mass is 35.5. The second kappa shape index (κ2) is 12.5. The molecule has 0 aliphatic rings. The predicted molar refractivity (Wildman–Crippen MR) is 130 cm³/mol. The normalized spacial score (nSPS) is 11.3. The summed E-state index contributed by atoms with van der Waals surface area (Å²) in [5.74, 6) is 1.48. The lowest BCUT2D eigenvalue weighted by atomic mass is 10.2. The molecule has 6 nitrogen and oxygen atoms in total. The van der Waals surface area contributed by atoms with Gasteiger partial charge in [-0.25, -0.2) is 5.43 Å². The van der Waals surface area contributed by atoms with Crippen molar-refractivity contribution in [2.45, 2.75) is 14.4 Å². The Hall–Kier alpha value is -2.33. The van der Waals surface area contributed by atoms with Crippen molar-refractivity contribution in [3.63, 3.8) is 0 Å². The summed E-state index contributed by atoms with van der Waals surface area (Å²) >= 11 is 10.5. The zero-order chi connectivity index (χ0) is 21.9. The molecule has 1 aromatic heterocycles. The summed E-state index contributed by atoms with van der Waals surface area (Å²) in [6, 6.07) is 15.4. The fourth-order valence-electron chi connectivity index (χ4n) is 2.33. The molecule has 3 aromatic rings. The Morgan fingerprint density at radius 3 is 2.71 bits per heavy atom. The number of hydrazone groups is 1.